The fraction of sp³-hybridized carbons (Fsp3) is 0.333. The molecule has 0 saturated heterocycles. The molecule has 18 heavy (non-hydrogen) atoms. The van der Waals surface area contributed by atoms with Gasteiger partial charge >= 0.3 is 0 Å². The highest BCUT2D eigenvalue weighted by atomic mass is 35.5. The van der Waals surface area contributed by atoms with Crippen molar-refractivity contribution in [1.29, 1.82) is 0 Å². The molecule has 6 heteroatoms. The summed E-state index contributed by atoms with van der Waals surface area (Å²) >= 11 is 7.31. The number of aromatic nitrogens is 1. The first-order valence-corrected chi connectivity index (χ1v) is 6.90. The van der Waals surface area contributed by atoms with Crippen LogP contribution in [0.4, 0.5) is 5.13 Å². The van der Waals surface area contributed by atoms with Crippen molar-refractivity contribution in [3.8, 4) is 0 Å². The van der Waals surface area contributed by atoms with E-state index in [4.69, 9.17) is 17.3 Å². The molecule has 0 bridgehead atoms. The smallest absolute Gasteiger partial charge is 0.230 e. The maximum Gasteiger partial charge on any atom is 0.230 e. The van der Waals surface area contributed by atoms with E-state index in [9.17, 15) is 4.79 Å². The van der Waals surface area contributed by atoms with Gasteiger partial charge in [0.05, 0.1) is 16.1 Å². The molecule has 0 aliphatic rings. The average Bonchev–Trinajstić information content (AvgIpc) is 2.71. The monoisotopic (exact) mass is 283 g/mol. The number of rotatable bonds is 4. The van der Waals surface area contributed by atoms with Crippen molar-refractivity contribution < 1.29 is 4.79 Å². The van der Waals surface area contributed by atoms with Crippen molar-refractivity contribution in [3.63, 3.8) is 0 Å². The van der Waals surface area contributed by atoms with E-state index < -0.39 is 0 Å². The zero-order chi connectivity index (χ0) is 13.1. The Bertz CT molecular complexity index is 565. The molecule has 1 heterocycles. The van der Waals surface area contributed by atoms with Gasteiger partial charge in [-0.3, -0.25) is 4.79 Å². The number of hydrogen-bond donors (Lipinski definition) is 2. The fourth-order valence-corrected chi connectivity index (χ4v) is 2.76. The Balaban J connectivity index is 2.19. The number of hydrogen-bond acceptors (Lipinski definition) is 4. The van der Waals surface area contributed by atoms with Crippen LogP contribution in [0, 0.1) is 5.92 Å². The number of anilines is 1. The third kappa shape index (κ3) is 2.80. The number of fused-ring (bicyclic) bond motifs is 1. The van der Waals surface area contributed by atoms with E-state index in [2.05, 4.69) is 10.3 Å². The molecular weight excluding hydrogens is 270 g/mol. The third-order valence-electron chi connectivity index (χ3n) is 2.73. The first-order chi connectivity index (χ1) is 8.63. The van der Waals surface area contributed by atoms with Crippen molar-refractivity contribution in [2.45, 2.75) is 13.3 Å². The normalized spacial score (nSPS) is 12.6. The lowest BCUT2D eigenvalue weighted by Gasteiger charge is -2.10. The van der Waals surface area contributed by atoms with E-state index in [0.717, 1.165) is 16.6 Å². The lowest BCUT2D eigenvalue weighted by atomic mass is 10.1. The van der Waals surface area contributed by atoms with Crippen LogP contribution in [0.15, 0.2) is 18.2 Å². The zero-order valence-corrected chi connectivity index (χ0v) is 11.5. The van der Waals surface area contributed by atoms with Crippen molar-refractivity contribution in [2.24, 2.45) is 11.7 Å². The minimum absolute atomic E-state index is 0.0786. The Morgan fingerprint density at radius 2 is 2.39 bits per heavy atom. The van der Waals surface area contributed by atoms with Crippen molar-refractivity contribution >= 4 is 44.2 Å². The van der Waals surface area contributed by atoms with Gasteiger partial charge in [0.15, 0.2) is 5.13 Å². The van der Waals surface area contributed by atoms with Crippen LogP contribution in [0.1, 0.15) is 13.3 Å². The topological polar surface area (TPSA) is 68.0 Å². The molecule has 2 rings (SSSR count). The molecule has 1 amide bonds. The first kappa shape index (κ1) is 13.3. The predicted octanol–water partition coefficient (Wildman–Crippen LogP) is 2.87. The van der Waals surface area contributed by atoms with E-state index in [0.29, 0.717) is 16.7 Å². The molecule has 0 aliphatic carbocycles. The Kier molecular flexibility index (Phi) is 4.16. The molecule has 1 unspecified atom stereocenters. The van der Waals surface area contributed by atoms with E-state index in [1.165, 1.54) is 11.3 Å². The summed E-state index contributed by atoms with van der Waals surface area (Å²) in [5.41, 5.74) is 6.37. The van der Waals surface area contributed by atoms with Gasteiger partial charge in [0.1, 0.15) is 0 Å². The highest BCUT2D eigenvalue weighted by Gasteiger charge is 2.16. The van der Waals surface area contributed by atoms with E-state index in [1.54, 1.807) is 6.07 Å². The van der Waals surface area contributed by atoms with E-state index >= 15 is 0 Å². The zero-order valence-electron chi connectivity index (χ0n) is 9.94. The second kappa shape index (κ2) is 5.65. The quantitative estimate of drug-likeness (QED) is 0.906. The molecular formula is C12H14ClN3OS. The third-order valence-corrected chi connectivity index (χ3v) is 3.90. The molecule has 0 saturated carbocycles. The van der Waals surface area contributed by atoms with Crippen LogP contribution in [-0.4, -0.2) is 17.4 Å². The minimum atomic E-state index is -0.166. The van der Waals surface area contributed by atoms with Gasteiger partial charge in [0.25, 0.3) is 0 Å². The number of amides is 1. The molecule has 0 radical (unpaired) electrons. The SMILES string of the molecule is CCC(CN)C(=O)Nc1nc2ccc(Cl)cc2s1. The molecule has 4 nitrogen and oxygen atoms in total. The van der Waals surface area contributed by atoms with Crippen molar-refractivity contribution in [1.82, 2.24) is 4.98 Å². The van der Waals surface area contributed by atoms with Crippen molar-refractivity contribution in [2.75, 3.05) is 11.9 Å². The lowest BCUT2D eigenvalue weighted by molar-refractivity contribution is -0.119. The Labute approximate surface area is 114 Å². The largest absolute Gasteiger partial charge is 0.330 e. The highest BCUT2D eigenvalue weighted by Crippen LogP contribution is 2.28. The number of thiazole rings is 1. The Morgan fingerprint density at radius 3 is 3.06 bits per heavy atom. The lowest BCUT2D eigenvalue weighted by Crippen LogP contribution is -2.28. The standard InChI is InChI=1S/C12H14ClN3OS/c1-2-7(6-14)11(17)16-12-15-9-4-3-8(13)5-10(9)18-12/h3-5,7H,2,6,14H2,1H3,(H,15,16,17). The van der Waals surface area contributed by atoms with Crippen LogP contribution < -0.4 is 11.1 Å². The van der Waals surface area contributed by atoms with Gasteiger partial charge in [0, 0.05) is 11.6 Å². The summed E-state index contributed by atoms with van der Waals surface area (Å²) in [4.78, 5) is 16.2. The summed E-state index contributed by atoms with van der Waals surface area (Å²) in [6.45, 7) is 2.29. The molecule has 1 aromatic carbocycles. The van der Waals surface area contributed by atoms with Gasteiger partial charge in [-0.05, 0) is 24.6 Å². The molecule has 96 valence electrons. The number of carbonyl (C=O) groups is 1. The number of halogens is 1. The number of benzene rings is 1. The van der Waals surface area contributed by atoms with Gasteiger partial charge in [-0.1, -0.05) is 29.9 Å². The first-order valence-electron chi connectivity index (χ1n) is 5.71. The number of nitrogens with two attached hydrogens (primary N) is 1. The van der Waals surface area contributed by atoms with E-state index in [1.807, 2.05) is 19.1 Å². The van der Waals surface area contributed by atoms with Crippen LogP contribution in [0.2, 0.25) is 5.02 Å². The van der Waals surface area contributed by atoms with Gasteiger partial charge in [-0.25, -0.2) is 4.98 Å². The fourth-order valence-electron chi connectivity index (χ4n) is 1.62. The highest BCUT2D eigenvalue weighted by molar-refractivity contribution is 7.22. The maximum atomic E-state index is 11.9. The van der Waals surface area contributed by atoms with Gasteiger partial charge < -0.3 is 11.1 Å². The van der Waals surface area contributed by atoms with Gasteiger partial charge in [-0.2, -0.15) is 0 Å². The van der Waals surface area contributed by atoms with Crippen LogP contribution in [0.3, 0.4) is 0 Å². The predicted molar refractivity (Wildman–Crippen MR) is 76.1 cm³/mol. The second-order valence-corrected chi connectivity index (χ2v) is 5.43. The summed E-state index contributed by atoms with van der Waals surface area (Å²) in [7, 11) is 0. The maximum absolute atomic E-state index is 11.9. The van der Waals surface area contributed by atoms with E-state index in [-0.39, 0.29) is 11.8 Å². The molecule has 2 aromatic rings. The summed E-state index contributed by atoms with van der Waals surface area (Å²) in [6, 6.07) is 5.46. The Morgan fingerprint density at radius 1 is 1.61 bits per heavy atom. The van der Waals surface area contributed by atoms with Crippen LogP contribution in [-0.2, 0) is 4.79 Å². The van der Waals surface area contributed by atoms with Crippen LogP contribution in [0.25, 0.3) is 10.2 Å². The van der Waals surface area contributed by atoms with Crippen LogP contribution >= 0.6 is 22.9 Å². The summed E-state index contributed by atoms with van der Waals surface area (Å²) in [6.07, 6.45) is 0.721. The summed E-state index contributed by atoms with van der Waals surface area (Å²) in [5, 5.41) is 4.05. The van der Waals surface area contributed by atoms with Crippen LogP contribution in [0.5, 0.6) is 0 Å². The average molecular weight is 284 g/mol. The molecule has 0 aliphatic heterocycles. The molecule has 1 atom stereocenters. The summed E-state index contributed by atoms with van der Waals surface area (Å²) in [5.74, 6) is -0.245. The molecule has 3 N–H and O–H groups in total. The number of nitrogens with zero attached hydrogens (tertiary/aromatic N) is 1. The minimum Gasteiger partial charge on any atom is -0.330 e. The number of carbonyl (C=O) groups excluding carboxylic acids is 1. The summed E-state index contributed by atoms with van der Waals surface area (Å²) < 4.78 is 0.957. The second-order valence-electron chi connectivity index (χ2n) is 3.96. The molecule has 1 aromatic heterocycles. The Hall–Kier alpha value is -1.17. The van der Waals surface area contributed by atoms with Gasteiger partial charge in [0.2, 0.25) is 5.91 Å². The van der Waals surface area contributed by atoms with Gasteiger partial charge in [-0.15, -0.1) is 0 Å². The molecule has 0 spiro atoms. The molecule has 0 fully saturated rings. The number of nitrogens with one attached hydrogen (secondary N) is 1. The van der Waals surface area contributed by atoms with Crippen molar-refractivity contribution in [3.05, 3.63) is 23.2 Å².